The first-order valence-corrected chi connectivity index (χ1v) is 9.92. The number of fused-ring (bicyclic) bond motifs is 1. The van der Waals surface area contributed by atoms with Crippen molar-refractivity contribution in [2.24, 2.45) is 7.05 Å². The van der Waals surface area contributed by atoms with Crippen molar-refractivity contribution in [1.82, 2.24) is 19.4 Å². The van der Waals surface area contributed by atoms with Crippen LogP contribution in [0.3, 0.4) is 0 Å². The number of nitrogens with one attached hydrogen (secondary N) is 1. The smallest absolute Gasteiger partial charge is 0.287 e. The number of hydrogen-bond acceptors (Lipinski definition) is 5. The molecule has 32 heavy (non-hydrogen) atoms. The van der Waals surface area contributed by atoms with Crippen molar-refractivity contribution in [3.63, 3.8) is 0 Å². The lowest BCUT2D eigenvalue weighted by Gasteiger charge is -2.09. The lowest BCUT2D eigenvalue weighted by Crippen LogP contribution is -2.28. The van der Waals surface area contributed by atoms with Gasteiger partial charge in [-0.1, -0.05) is 12.1 Å². The number of aryl methyl sites for hydroxylation is 1. The lowest BCUT2D eigenvalue weighted by molar-refractivity contribution is 0.0932. The first-order chi connectivity index (χ1) is 15.5. The monoisotopic (exact) mass is 436 g/mol. The van der Waals surface area contributed by atoms with Crippen molar-refractivity contribution in [2.75, 3.05) is 13.2 Å². The van der Waals surface area contributed by atoms with Crippen LogP contribution in [0.4, 0.5) is 4.39 Å². The normalized spacial score (nSPS) is 11.0. The van der Waals surface area contributed by atoms with E-state index in [0.29, 0.717) is 22.5 Å². The first kappa shape index (κ1) is 21.3. The maximum absolute atomic E-state index is 13.0. The van der Waals surface area contributed by atoms with E-state index in [0.717, 1.165) is 5.56 Å². The van der Waals surface area contributed by atoms with Crippen molar-refractivity contribution < 1.29 is 19.0 Å². The molecule has 0 radical (unpaired) electrons. The largest absolute Gasteiger partial charge is 0.489 e. The Balaban J connectivity index is 1.56. The number of halogens is 1. The molecule has 8 nitrogen and oxygen atoms in total. The number of amides is 1. The molecule has 2 aromatic carbocycles. The molecular formula is C23H21FN4O4. The maximum atomic E-state index is 13.0. The Morgan fingerprint density at radius 2 is 1.94 bits per heavy atom. The highest BCUT2D eigenvalue weighted by Gasteiger charge is 2.15. The van der Waals surface area contributed by atoms with Gasteiger partial charge in [0, 0.05) is 25.9 Å². The third kappa shape index (κ3) is 4.37. The van der Waals surface area contributed by atoms with Crippen LogP contribution in [0.1, 0.15) is 16.2 Å². The number of rotatable bonds is 7. The molecule has 0 aliphatic carbocycles. The van der Waals surface area contributed by atoms with Gasteiger partial charge in [-0.3, -0.25) is 14.2 Å². The van der Waals surface area contributed by atoms with Crippen LogP contribution in [0.15, 0.2) is 65.6 Å². The van der Waals surface area contributed by atoms with E-state index in [-0.39, 0.29) is 42.9 Å². The number of nitrogens with zero attached hydrogens (tertiary/aromatic N) is 3. The topological polar surface area (TPSA) is 98.4 Å². The van der Waals surface area contributed by atoms with Crippen molar-refractivity contribution in [3.05, 3.63) is 88.4 Å². The van der Waals surface area contributed by atoms with Crippen LogP contribution in [0.2, 0.25) is 0 Å². The average molecular weight is 436 g/mol. The molecule has 0 spiro atoms. The lowest BCUT2D eigenvalue weighted by atomic mass is 10.2. The highest BCUT2D eigenvalue weighted by molar-refractivity contribution is 5.95. The quantitative estimate of drug-likeness (QED) is 0.463. The fourth-order valence-electron chi connectivity index (χ4n) is 3.29. The number of aliphatic hydroxyl groups is 1. The second-order valence-electron chi connectivity index (χ2n) is 7.13. The van der Waals surface area contributed by atoms with Crippen LogP contribution >= 0.6 is 0 Å². The molecular weight excluding hydrogens is 415 g/mol. The van der Waals surface area contributed by atoms with Gasteiger partial charge in [-0.05, 0) is 42.0 Å². The predicted molar refractivity (Wildman–Crippen MR) is 116 cm³/mol. The Hall–Kier alpha value is -3.98. The zero-order chi connectivity index (χ0) is 22.7. The van der Waals surface area contributed by atoms with Crippen LogP contribution < -0.4 is 15.6 Å². The summed E-state index contributed by atoms with van der Waals surface area (Å²) in [5.41, 5.74) is 2.40. The van der Waals surface area contributed by atoms with Gasteiger partial charge in [-0.15, -0.1) is 0 Å². The number of aromatic nitrogens is 3. The highest BCUT2D eigenvalue weighted by Crippen LogP contribution is 2.19. The van der Waals surface area contributed by atoms with Gasteiger partial charge < -0.3 is 19.7 Å². The number of hydrogen-bond donors (Lipinski definition) is 2. The van der Waals surface area contributed by atoms with E-state index in [1.54, 1.807) is 54.2 Å². The minimum atomic E-state index is -0.390. The molecule has 164 valence electrons. The molecule has 0 aliphatic heterocycles. The molecule has 0 atom stereocenters. The van der Waals surface area contributed by atoms with Crippen LogP contribution in [-0.4, -0.2) is 38.3 Å². The van der Waals surface area contributed by atoms with Gasteiger partial charge in [0.1, 0.15) is 18.2 Å². The summed E-state index contributed by atoms with van der Waals surface area (Å²) < 4.78 is 21.7. The van der Waals surface area contributed by atoms with Gasteiger partial charge >= 0.3 is 0 Å². The fraction of sp³-hybridized carbons (Fsp3) is 0.174. The van der Waals surface area contributed by atoms with E-state index in [1.807, 2.05) is 0 Å². The number of benzene rings is 2. The van der Waals surface area contributed by atoms with Crippen molar-refractivity contribution in [1.29, 1.82) is 0 Å². The highest BCUT2D eigenvalue weighted by atomic mass is 19.1. The second kappa shape index (κ2) is 9.03. The number of pyridine rings is 1. The molecule has 0 aliphatic rings. The zero-order valence-electron chi connectivity index (χ0n) is 17.3. The molecule has 9 heteroatoms. The van der Waals surface area contributed by atoms with Gasteiger partial charge in [0.05, 0.1) is 23.3 Å². The van der Waals surface area contributed by atoms with Crippen LogP contribution in [0.25, 0.3) is 16.7 Å². The number of ether oxygens (including phenoxy) is 1. The average Bonchev–Trinajstić information content (AvgIpc) is 3.13. The molecule has 4 aromatic rings. The molecule has 2 N–H and O–H groups in total. The summed E-state index contributed by atoms with van der Waals surface area (Å²) in [5, 5.41) is 11.5. The molecule has 4 rings (SSSR count). The van der Waals surface area contributed by atoms with E-state index in [1.165, 1.54) is 22.8 Å². The molecule has 1 amide bonds. The number of imidazole rings is 1. The minimum Gasteiger partial charge on any atom is -0.489 e. The molecule has 0 unspecified atom stereocenters. The van der Waals surface area contributed by atoms with Crippen LogP contribution in [0, 0.1) is 5.82 Å². The summed E-state index contributed by atoms with van der Waals surface area (Å²) in [6.07, 6.45) is 1.61. The summed E-state index contributed by atoms with van der Waals surface area (Å²) in [5.74, 6) is -0.0960. The summed E-state index contributed by atoms with van der Waals surface area (Å²) in [6, 6.07) is 14.3. The van der Waals surface area contributed by atoms with Crippen molar-refractivity contribution >= 4 is 16.9 Å². The zero-order valence-corrected chi connectivity index (χ0v) is 17.3. The van der Waals surface area contributed by atoms with Gasteiger partial charge in [-0.25, -0.2) is 9.37 Å². The Bertz CT molecular complexity index is 1330. The molecule has 0 saturated carbocycles. The number of aliphatic hydroxyl groups excluding tert-OH is 1. The Morgan fingerprint density at radius 3 is 2.66 bits per heavy atom. The van der Waals surface area contributed by atoms with Gasteiger partial charge in [0.2, 0.25) is 0 Å². The summed E-state index contributed by atoms with van der Waals surface area (Å²) >= 11 is 0. The summed E-state index contributed by atoms with van der Waals surface area (Å²) in [4.78, 5) is 29.2. The summed E-state index contributed by atoms with van der Waals surface area (Å²) in [6.45, 7) is 0.191. The standard InChI is InChI=1S/C23H21FN4O4/c1-27-20-12-17(6-7-19(20)26-22(27)23(31)25-9-11-29)28-10-8-18(13-21(28)30)32-14-15-2-4-16(24)5-3-15/h2-8,10,12-13,29H,9,11,14H2,1H3,(H,25,31). The van der Waals surface area contributed by atoms with E-state index in [9.17, 15) is 14.0 Å². The Labute approximate surface area is 182 Å². The van der Waals surface area contributed by atoms with Gasteiger partial charge in [0.25, 0.3) is 11.5 Å². The predicted octanol–water partition coefficient (Wildman–Crippen LogP) is 2.16. The number of carbonyl (C=O) groups is 1. The van der Waals surface area contributed by atoms with Crippen molar-refractivity contribution in [3.8, 4) is 11.4 Å². The van der Waals surface area contributed by atoms with Gasteiger partial charge in [-0.2, -0.15) is 0 Å². The Morgan fingerprint density at radius 1 is 1.16 bits per heavy atom. The van der Waals surface area contributed by atoms with E-state index in [4.69, 9.17) is 9.84 Å². The third-order valence-electron chi connectivity index (χ3n) is 4.95. The minimum absolute atomic E-state index is 0.137. The van der Waals surface area contributed by atoms with E-state index in [2.05, 4.69) is 10.3 Å². The van der Waals surface area contributed by atoms with Crippen molar-refractivity contribution in [2.45, 2.75) is 6.61 Å². The van der Waals surface area contributed by atoms with Crippen LogP contribution in [0.5, 0.6) is 5.75 Å². The van der Waals surface area contributed by atoms with Crippen LogP contribution in [-0.2, 0) is 13.7 Å². The fourth-order valence-corrected chi connectivity index (χ4v) is 3.29. The molecule has 2 heterocycles. The van der Waals surface area contributed by atoms with E-state index >= 15 is 0 Å². The van der Waals surface area contributed by atoms with E-state index < -0.39 is 0 Å². The molecule has 0 bridgehead atoms. The summed E-state index contributed by atoms with van der Waals surface area (Å²) in [7, 11) is 1.71. The molecule has 0 saturated heterocycles. The number of carbonyl (C=O) groups excluding carboxylic acids is 1. The van der Waals surface area contributed by atoms with Gasteiger partial charge in [0.15, 0.2) is 5.82 Å². The maximum Gasteiger partial charge on any atom is 0.287 e. The molecule has 2 aromatic heterocycles. The third-order valence-corrected chi connectivity index (χ3v) is 4.95. The second-order valence-corrected chi connectivity index (χ2v) is 7.13. The first-order valence-electron chi connectivity index (χ1n) is 9.92. The molecule has 0 fully saturated rings. The SMILES string of the molecule is Cn1c(C(=O)NCCO)nc2ccc(-n3ccc(OCc4ccc(F)cc4)cc3=O)cc21. The Kier molecular flexibility index (Phi) is 6.00.